The molecule has 128 valence electrons. The van der Waals surface area contributed by atoms with Crippen LogP contribution in [-0.2, 0) is 16.0 Å². The van der Waals surface area contributed by atoms with Gasteiger partial charge in [0.25, 0.3) is 5.91 Å². The molecular formula is C18H20NO3S2-. The smallest absolute Gasteiger partial charge is 0.266 e. The number of carboxylic acid groups (broad SMARTS) is 1. The number of hydrogen-bond donors (Lipinski definition) is 0. The molecule has 0 saturated carbocycles. The first kappa shape index (κ1) is 18.7. The highest BCUT2D eigenvalue weighted by Gasteiger charge is 2.31. The summed E-state index contributed by atoms with van der Waals surface area (Å²) in [6, 6.07) is 8.13. The van der Waals surface area contributed by atoms with Crippen molar-refractivity contribution in [2.24, 2.45) is 0 Å². The molecule has 1 aliphatic rings. The van der Waals surface area contributed by atoms with Crippen molar-refractivity contribution in [2.45, 2.75) is 39.0 Å². The van der Waals surface area contributed by atoms with E-state index in [0.29, 0.717) is 22.2 Å². The minimum Gasteiger partial charge on any atom is -0.550 e. The lowest BCUT2D eigenvalue weighted by Crippen LogP contribution is -2.29. The van der Waals surface area contributed by atoms with E-state index in [0.717, 1.165) is 24.8 Å². The van der Waals surface area contributed by atoms with Crippen LogP contribution in [0.2, 0.25) is 0 Å². The van der Waals surface area contributed by atoms with Crippen molar-refractivity contribution in [2.75, 3.05) is 6.54 Å². The molecule has 0 N–H and O–H groups in total. The van der Waals surface area contributed by atoms with Gasteiger partial charge in [-0.2, -0.15) is 0 Å². The van der Waals surface area contributed by atoms with Crippen molar-refractivity contribution in [3.63, 3.8) is 0 Å². The zero-order valence-electron chi connectivity index (χ0n) is 13.6. The number of thioether (sulfide) groups is 1. The highest BCUT2D eigenvalue weighted by Crippen LogP contribution is 2.32. The van der Waals surface area contributed by atoms with Crippen LogP contribution in [-0.4, -0.2) is 27.6 Å². The second-order valence-corrected chi connectivity index (χ2v) is 7.29. The maximum atomic E-state index is 12.5. The molecule has 1 saturated heterocycles. The van der Waals surface area contributed by atoms with Gasteiger partial charge in [-0.1, -0.05) is 61.6 Å². The zero-order chi connectivity index (χ0) is 17.5. The molecule has 24 heavy (non-hydrogen) atoms. The van der Waals surface area contributed by atoms with Crippen LogP contribution in [0.5, 0.6) is 0 Å². The van der Waals surface area contributed by atoms with Crippen LogP contribution in [0.4, 0.5) is 0 Å². The summed E-state index contributed by atoms with van der Waals surface area (Å²) in [5.74, 6) is -1.10. The number of carbonyl (C=O) groups is 2. The largest absolute Gasteiger partial charge is 0.550 e. The SMILES string of the molecule is CCc1ccc(/C=C2\SC(=S)N(CCCCCC(=O)[O-])C2=O)cc1. The molecule has 1 amide bonds. The molecule has 1 fully saturated rings. The summed E-state index contributed by atoms with van der Waals surface area (Å²) in [4.78, 5) is 25.1. The van der Waals surface area contributed by atoms with Crippen molar-refractivity contribution in [1.29, 1.82) is 0 Å². The Labute approximate surface area is 151 Å². The van der Waals surface area contributed by atoms with Gasteiger partial charge in [-0.25, -0.2) is 0 Å². The number of aryl methyl sites for hydroxylation is 1. The Morgan fingerprint density at radius 2 is 1.96 bits per heavy atom. The zero-order valence-corrected chi connectivity index (χ0v) is 15.3. The van der Waals surface area contributed by atoms with Crippen LogP contribution in [0.3, 0.4) is 0 Å². The maximum Gasteiger partial charge on any atom is 0.266 e. The summed E-state index contributed by atoms with van der Waals surface area (Å²) < 4.78 is 0.566. The first-order valence-corrected chi connectivity index (χ1v) is 9.28. The van der Waals surface area contributed by atoms with E-state index in [4.69, 9.17) is 12.2 Å². The van der Waals surface area contributed by atoms with Crippen LogP contribution in [0.15, 0.2) is 29.2 Å². The maximum absolute atomic E-state index is 12.5. The van der Waals surface area contributed by atoms with Crippen LogP contribution in [0, 0.1) is 0 Å². The van der Waals surface area contributed by atoms with E-state index in [9.17, 15) is 14.7 Å². The molecule has 2 rings (SSSR count). The highest BCUT2D eigenvalue weighted by molar-refractivity contribution is 8.26. The minimum absolute atomic E-state index is 0.0616. The normalized spacial score (nSPS) is 16.2. The predicted molar refractivity (Wildman–Crippen MR) is 99.2 cm³/mol. The molecular weight excluding hydrogens is 342 g/mol. The van der Waals surface area contributed by atoms with Crippen molar-refractivity contribution in [3.8, 4) is 0 Å². The molecule has 0 atom stereocenters. The molecule has 0 aliphatic carbocycles. The lowest BCUT2D eigenvalue weighted by atomic mass is 10.1. The van der Waals surface area contributed by atoms with E-state index in [1.165, 1.54) is 17.3 Å². The molecule has 0 radical (unpaired) electrons. The van der Waals surface area contributed by atoms with Gasteiger partial charge in [0, 0.05) is 12.5 Å². The number of rotatable bonds is 8. The molecule has 1 heterocycles. The van der Waals surface area contributed by atoms with Gasteiger partial charge >= 0.3 is 0 Å². The highest BCUT2D eigenvalue weighted by atomic mass is 32.2. The third-order valence-electron chi connectivity index (χ3n) is 3.82. The Bertz CT molecular complexity index is 653. The Hall–Kier alpha value is -1.66. The van der Waals surface area contributed by atoms with Gasteiger partial charge in [0.05, 0.1) is 4.91 Å². The van der Waals surface area contributed by atoms with Crippen LogP contribution < -0.4 is 5.11 Å². The fourth-order valence-corrected chi connectivity index (χ4v) is 3.72. The van der Waals surface area contributed by atoms with Gasteiger partial charge in [-0.15, -0.1) is 0 Å². The van der Waals surface area contributed by atoms with E-state index in [-0.39, 0.29) is 12.3 Å². The molecule has 1 aliphatic heterocycles. The molecule has 1 aromatic rings. The number of carboxylic acids is 1. The van der Waals surface area contributed by atoms with Crippen molar-refractivity contribution >= 4 is 46.3 Å². The first-order valence-electron chi connectivity index (χ1n) is 8.05. The number of aliphatic carboxylic acids is 1. The summed E-state index contributed by atoms with van der Waals surface area (Å²) >= 11 is 6.61. The molecule has 0 unspecified atom stereocenters. The van der Waals surface area contributed by atoms with Gasteiger partial charge < -0.3 is 9.90 Å². The third kappa shape index (κ3) is 5.18. The van der Waals surface area contributed by atoms with E-state index < -0.39 is 5.97 Å². The van der Waals surface area contributed by atoms with Crippen molar-refractivity contribution in [1.82, 2.24) is 4.90 Å². The van der Waals surface area contributed by atoms with E-state index >= 15 is 0 Å². The molecule has 1 aromatic carbocycles. The Morgan fingerprint density at radius 3 is 2.58 bits per heavy atom. The number of nitrogens with zero attached hydrogens (tertiary/aromatic N) is 1. The number of amides is 1. The van der Waals surface area contributed by atoms with E-state index in [1.807, 2.05) is 18.2 Å². The van der Waals surface area contributed by atoms with Crippen molar-refractivity contribution < 1.29 is 14.7 Å². The van der Waals surface area contributed by atoms with Crippen LogP contribution in [0.1, 0.15) is 43.7 Å². The summed E-state index contributed by atoms with van der Waals surface area (Å²) in [5.41, 5.74) is 2.25. The van der Waals surface area contributed by atoms with Gasteiger partial charge in [0.15, 0.2) is 0 Å². The van der Waals surface area contributed by atoms with Gasteiger partial charge in [0.2, 0.25) is 0 Å². The molecule has 0 aromatic heterocycles. The lowest BCUT2D eigenvalue weighted by molar-refractivity contribution is -0.305. The second kappa shape index (κ2) is 8.99. The topological polar surface area (TPSA) is 60.4 Å². The van der Waals surface area contributed by atoms with E-state index in [1.54, 1.807) is 4.90 Å². The standard InChI is InChI=1S/C18H21NO3S2/c1-2-13-7-9-14(10-8-13)12-15-17(22)19(18(23)24-15)11-5-3-4-6-16(20)21/h7-10,12H,2-6,11H2,1H3,(H,20,21)/p-1/b15-12-. The van der Waals surface area contributed by atoms with Crippen molar-refractivity contribution in [3.05, 3.63) is 40.3 Å². The van der Waals surface area contributed by atoms with Gasteiger partial charge in [-0.05, 0) is 42.9 Å². The number of unbranched alkanes of at least 4 members (excludes halogenated alkanes) is 2. The lowest BCUT2D eigenvalue weighted by Gasteiger charge is -2.14. The summed E-state index contributed by atoms with van der Waals surface area (Å²) in [5, 5.41) is 10.4. The molecule has 4 nitrogen and oxygen atoms in total. The summed E-state index contributed by atoms with van der Waals surface area (Å²) in [6.45, 7) is 2.64. The molecule has 6 heteroatoms. The number of benzene rings is 1. The fraction of sp³-hybridized carbons (Fsp3) is 0.389. The quantitative estimate of drug-likeness (QED) is 0.404. The number of hydrogen-bond acceptors (Lipinski definition) is 5. The monoisotopic (exact) mass is 362 g/mol. The third-order valence-corrected chi connectivity index (χ3v) is 5.20. The fourth-order valence-electron chi connectivity index (χ4n) is 2.41. The Balaban J connectivity index is 1.92. The predicted octanol–water partition coefficient (Wildman–Crippen LogP) is 2.76. The summed E-state index contributed by atoms with van der Waals surface area (Å²) in [6.07, 6.45) is 4.96. The summed E-state index contributed by atoms with van der Waals surface area (Å²) in [7, 11) is 0. The van der Waals surface area contributed by atoms with Crippen LogP contribution >= 0.6 is 24.0 Å². The first-order chi connectivity index (χ1) is 11.5. The second-order valence-electron chi connectivity index (χ2n) is 5.61. The van der Waals surface area contributed by atoms with E-state index in [2.05, 4.69) is 19.1 Å². The van der Waals surface area contributed by atoms with Crippen LogP contribution in [0.25, 0.3) is 6.08 Å². The Morgan fingerprint density at radius 1 is 1.25 bits per heavy atom. The van der Waals surface area contributed by atoms with Gasteiger partial charge in [-0.3, -0.25) is 9.69 Å². The average molecular weight is 362 g/mol. The molecule has 0 spiro atoms. The Kier molecular flexibility index (Phi) is 6.99. The number of thiocarbonyl (C=S) groups is 1. The minimum atomic E-state index is -1.03. The average Bonchev–Trinajstić information content (AvgIpc) is 2.82. The number of carbonyl (C=O) groups excluding carboxylic acids is 2. The molecule has 0 bridgehead atoms. The van der Waals surface area contributed by atoms with Gasteiger partial charge in [0.1, 0.15) is 4.32 Å².